The topological polar surface area (TPSA) is 181 Å². The Kier molecular flexibility index (Phi) is 10.7. The number of piperidine rings is 2. The number of anilines is 4. The number of pyridine rings is 1. The van der Waals surface area contributed by atoms with Gasteiger partial charge in [0.1, 0.15) is 17.4 Å². The molecular weight excluding hydrogens is 790 g/mol. The SMILES string of the molecule is CNC(=O)COc1cc2cc(Nc3nc(N4CC[C@H](CN5CCN(c6cccc7c(C8CCC(=O)NC8=O)nn(C)c67)CC5)[C@H](C)C4)ncc3Cl)cc3c2n(c1=O)CCO3. The Morgan fingerprint density at radius 3 is 2.65 bits per heavy atom. The van der Waals surface area contributed by atoms with Crippen LogP contribution in [0.15, 0.2) is 47.4 Å². The number of benzene rings is 2. The van der Waals surface area contributed by atoms with Crippen molar-refractivity contribution in [2.75, 3.05) is 81.2 Å². The number of nitrogens with zero attached hydrogens (tertiary/aromatic N) is 8. The van der Waals surface area contributed by atoms with Crippen molar-refractivity contribution in [1.29, 1.82) is 0 Å². The van der Waals surface area contributed by atoms with Crippen molar-refractivity contribution >= 4 is 74.3 Å². The van der Waals surface area contributed by atoms with Crippen LogP contribution in [0.25, 0.3) is 21.8 Å². The zero-order chi connectivity index (χ0) is 41.7. The van der Waals surface area contributed by atoms with Gasteiger partial charge >= 0.3 is 0 Å². The first-order valence-electron chi connectivity index (χ1n) is 20.5. The Labute approximate surface area is 350 Å². The lowest BCUT2D eigenvalue weighted by molar-refractivity contribution is -0.134. The first kappa shape index (κ1) is 39.5. The summed E-state index contributed by atoms with van der Waals surface area (Å²) in [7, 11) is 3.44. The van der Waals surface area contributed by atoms with Gasteiger partial charge in [-0.05, 0) is 42.9 Å². The largest absolute Gasteiger partial charge is 0.489 e. The molecule has 5 aromatic rings. The molecule has 3 amide bonds. The third-order valence-corrected chi connectivity index (χ3v) is 12.6. The Hall–Kier alpha value is -5.94. The molecule has 3 N–H and O–H groups in total. The molecule has 3 atom stereocenters. The Morgan fingerprint density at radius 2 is 1.87 bits per heavy atom. The van der Waals surface area contributed by atoms with Crippen molar-refractivity contribution in [3.63, 3.8) is 0 Å². The van der Waals surface area contributed by atoms with E-state index in [1.54, 1.807) is 16.8 Å². The normalized spacial score (nSPS) is 20.9. The monoisotopic (exact) mass is 837 g/mol. The lowest BCUT2D eigenvalue weighted by atomic mass is 9.86. The molecular formula is C42H48ClN11O6. The number of piperazine rings is 1. The van der Waals surface area contributed by atoms with E-state index in [4.69, 9.17) is 31.2 Å². The van der Waals surface area contributed by atoms with E-state index in [9.17, 15) is 19.2 Å². The fourth-order valence-corrected chi connectivity index (χ4v) is 9.26. The summed E-state index contributed by atoms with van der Waals surface area (Å²) in [5, 5.41) is 15.2. The molecule has 3 aromatic heterocycles. The van der Waals surface area contributed by atoms with Crippen LogP contribution in [0.4, 0.5) is 23.1 Å². The number of para-hydroxylation sites is 1. The maximum absolute atomic E-state index is 13.2. The van der Waals surface area contributed by atoms with E-state index in [0.29, 0.717) is 77.0 Å². The maximum atomic E-state index is 13.2. The van der Waals surface area contributed by atoms with Crippen LogP contribution < -0.4 is 40.8 Å². The Balaban J connectivity index is 0.836. The summed E-state index contributed by atoms with van der Waals surface area (Å²) in [6.07, 6.45) is 3.42. The first-order chi connectivity index (χ1) is 29.0. The smallest absolute Gasteiger partial charge is 0.293 e. The van der Waals surface area contributed by atoms with Gasteiger partial charge in [0, 0.05) is 88.9 Å². The van der Waals surface area contributed by atoms with Crippen LogP contribution in [-0.4, -0.2) is 113 Å². The average molecular weight is 838 g/mol. The van der Waals surface area contributed by atoms with E-state index < -0.39 is 5.92 Å². The number of imide groups is 1. The highest BCUT2D eigenvalue weighted by atomic mass is 35.5. The van der Waals surface area contributed by atoms with Gasteiger partial charge in [-0.3, -0.25) is 38.6 Å². The van der Waals surface area contributed by atoms with Gasteiger partial charge in [0.05, 0.1) is 41.1 Å². The third-order valence-electron chi connectivity index (χ3n) is 12.3. The molecule has 4 aliphatic rings. The van der Waals surface area contributed by atoms with Crippen molar-refractivity contribution in [2.45, 2.75) is 38.6 Å². The molecule has 3 saturated heterocycles. The zero-order valence-corrected chi connectivity index (χ0v) is 34.6. The molecule has 3 fully saturated rings. The van der Waals surface area contributed by atoms with Gasteiger partial charge in [0.25, 0.3) is 11.5 Å². The van der Waals surface area contributed by atoms with Crippen LogP contribution in [0.3, 0.4) is 0 Å². The minimum Gasteiger partial charge on any atom is -0.489 e. The molecule has 18 heteroatoms. The van der Waals surface area contributed by atoms with E-state index in [1.807, 2.05) is 36.0 Å². The summed E-state index contributed by atoms with van der Waals surface area (Å²) < 4.78 is 15.1. The molecule has 60 heavy (non-hydrogen) atoms. The number of amides is 3. The molecule has 0 saturated carbocycles. The molecule has 1 unspecified atom stereocenters. The predicted molar refractivity (Wildman–Crippen MR) is 228 cm³/mol. The minimum absolute atomic E-state index is 0.0836. The van der Waals surface area contributed by atoms with Crippen molar-refractivity contribution < 1.29 is 23.9 Å². The van der Waals surface area contributed by atoms with Crippen LogP contribution in [0.5, 0.6) is 11.5 Å². The van der Waals surface area contributed by atoms with E-state index >= 15 is 0 Å². The standard InChI is InChI=1S/C42H48ClN11O6/c1-24-21-53(42-45-20-30(43)39(48-42)46-27-17-26-18-33(60-23-35(56)44-2)41(58)54-15-16-59-32(19-27)37(26)54)10-9-25(24)22-51-11-13-52(14-12-51)31-6-4-5-28-36(49-50(3)38(28)31)29-7-8-34(55)47-40(29)57/h4-6,17-20,24-25,29H,7-16,21-23H2,1-3H3,(H,44,56)(H,45,46,48)(H,47,55,57)/t24-,25-,29?/m1/s1. The van der Waals surface area contributed by atoms with E-state index in [1.165, 1.54) is 7.05 Å². The van der Waals surface area contributed by atoms with Gasteiger partial charge in [-0.2, -0.15) is 10.1 Å². The maximum Gasteiger partial charge on any atom is 0.293 e. The number of hydrogen-bond acceptors (Lipinski definition) is 13. The highest BCUT2D eigenvalue weighted by Gasteiger charge is 2.34. The highest BCUT2D eigenvalue weighted by Crippen LogP contribution is 2.37. The molecule has 4 aliphatic heterocycles. The van der Waals surface area contributed by atoms with Gasteiger partial charge in [0.15, 0.2) is 18.2 Å². The zero-order valence-electron chi connectivity index (χ0n) is 33.9. The highest BCUT2D eigenvalue weighted by molar-refractivity contribution is 6.33. The lowest BCUT2D eigenvalue weighted by Gasteiger charge is -2.42. The van der Waals surface area contributed by atoms with Gasteiger partial charge in [-0.1, -0.05) is 30.7 Å². The number of aryl methyl sites for hydroxylation is 1. The second kappa shape index (κ2) is 16.3. The molecule has 0 bridgehead atoms. The first-order valence-corrected chi connectivity index (χ1v) is 20.9. The van der Waals surface area contributed by atoms with E-state index in [0.717, 1.165) is 74.5 Å². The minimum atomic E-state index is -0.432. The number of likely N-dealkylation sites (N-methyl/N-ethyl adjacent to an activating group) is 1. The quantitative estimate of drug-likeness (QED) is 0.175. The van der Waals surface area contributed by atoms with E-state index in [-0.39, 0.29) is 35.6 Å². The third kappa shape index (κ3) is 7.55. The van der Waals surface area contributed by atoms with Crippen LogP contribution in [0.1, 0.15) is 37.8 Å². The summed E-state index contributed by atoms with van der Waals surface area (Å²) in [5.41, 5.74) is 3.87. The van der Waals surface area contributed by atoms with Crippen molar-refractivity contribution in [1.82, 2.24) is 39.8 Å². The fourth-order valence-electron chi connectivity index (χ4n) is 9.12. The number of ether oxygens (including phenoxy) is 2. The Bertz CT molecular complexity index is 2570. The molecule has 314 valence electrons. The second-order valence-corrected chi connectivity index (χ2v) is 16.5. The van der Waals surface area contributed by atoms with Gasteiger partial charge in [0.2, 0.25) is 17.8 Å². The summed E-state index contributed by atoms with van der Waals surface area (Å²) in [6, 6.07) is 11.5. The fraction of sp³-hybridized carbons (Fsp3) is 0.452. The van der Waals surface area contributed by atoms with Crippen LogP contribution in [0.2, 0.25) is 5.02 Å². The number of rotatable bonds is 10. The van der Waals surface area contributed by atoms with Crippen LogP contribution >= 0.6 is 11.6 Å². The number of carbonyl (C=O) groups excluding carboxylic acids is 3. The predicted octanol–water partition coefficient (Wildman–Crippen LogP) is 3.40. The summed E-state index contributed by atoms with van der Waals surface area (Å²) in [6.45, 7) is 9.02. The summed E-state index contributed by atoms with van der Waals surface area (Å²) in [5.74, 6) is 1.35. The Morgan fingerprint density at radius 1 is 1.03 bits per heavy atom. The van der Waals surface area contributed by atoms with Crippen LogP contribution in [-0.2, 0) is 28.0 Å². The van der Waals surface area contributed by atoms with E-state index in [2.05, 4.69) is 48.6 Å². The molecule has 7 heterocycles. The molecule has 0 spiro atoms. The van der Waals surface area contributed by atoms with Gasteiger partial charge in [-0.15, -0.1) is 0 Å². The molecule has 17 nitrogen and oxygen atoms in total. The van der Waals surface area contributed by atoms with Crippen molar-refractivity contribution in [2.24, 2.45) is 18.9 Å². The summed E-state index contributed by atoms with van der Waals surface area (Å²) >= 11 is 6.65. The molecule has 0 aliphatic carbocycles. The second-order valence-electron chi connectivity index (χ2n) is 16.1. The number of halogens is 1. The number of hydrogen-bond donors (Lipinski definition) is 3. The van der Waals surface area contributed by atoms with Crippen molar-refractivity contribution in [3.05, 3.63) is 63.7 Å². The molecule has 0 radical (unpaired) electrons. The van der Waals surface area contributed by atoms with Gasteiger partial charge < -0.3 is 29.9 Å². The molecule has 2 aromatic carbocycles. The number of aromatic nitrogens is 5. The number of nitrogens with one attached hydrogen (secondary N) is 3. The summed E-state index contributed by atoms with van der Waals surface area (Å²) in [4.78, 5) is 66.3. The average Bonchev–Trinajstić information content (AvgIpc) is 3.58. The van der Waals surface area contributed by atoms with Crippen molar-refractivity contribution in [3.8, 4) is 11.5 Å². The van der Waals surface area contributed by atoms with Gasteiger partial charge in [-0.25, -0.2) is 4.98 Å². The number of fused-ring (bicyclic) bond motifs is 1. The lowest BCUT2D eigenvalue weighted by Crippen LogP contribution is -2.50. The molecule has 9 rings (SSSR count). The van der Waals surface area contributed by atoms with Crippen LogP contribution in [0, 0.1) is 11.8 Å². The number of carbonyl (C=O) groups is 3.